The van der Waals surface area contributed by atoms with Gasteiger partial charge in [0.15, 0.2) is 5.58 Å². The molecule has 182 valence electrons. The Hall–Kier alpha value is -4.03. The molecule has 2 aliphatic rings. The van der Waals surface area contributed by atoms with Gasteiger partial charge in [-0.25, -0.2) is 9.97 Å². The zero-order chi connectivity index (χ0) is 24.2. The maximum Gasteiger partial charge on any atom is 0.300 e. The van der Waals surface area contributed by atoms with Gasteiger partial charge in [0.05, 0.1) is 31.1 Å². The minimum atomic E-state index is -0.377. The molecule has 0 saturated carbocycles. The van der Waals surface area contributed by atoms with E-state index in [0.29, 0.717) is 91.9 Å². The average Bonchev–Trinajstić information content (AvgIpc) is 3.57. The van der Waals surface area contributed by atoms with Gasteiger partial charge in [-0.05, 0) is 12.1 Å². The molecule has 0 radical (unpaired) electrons. The second kappa shape index (κ2) is 10.1. The fourth-order valence-electron chi connectivity index (χ4n) is 3.90. The van der Waals surface area contributed by atoms with E-state index in [0.717, 1.165) is 0 Å². The van der Waals surface area contributed by atoms with Crippen LogP contribution in [0.4, 0.5) is 17.7 Å². The molecule has 0 atom stereocenters. The molecular formula is C23H26N8O4. The van der Waals surface area contributed by atoms with Crippen LogP contribution in [0.15, 0.2) is 39.9 Å². The zero-order valence-electron chi connectivity index (χ0n) is 19.3. The first-order valence-electron chi connectivity index (χ1n) is 11.3. The topological polar surface area (TPSA) is 144 Å². The van der Waals surface area contributed by atoms with Gasteiger partial charge in [-0.3, -0.25) is 9.79 Å². The van der Waals surface area contributed by atoms with E-state index in [1.165, 1.54) is 6.20 Å². The van der Waals surface area contributed by atoms with Crippen molar-refractivity contribution in [2.75, 3.05) is 68.4 Å². The summed E-state index contributed by atoms with van der Waals surface area (Å²) in [4.78, 5) is 35.0. The van der Waals surface area contributed by atoms with Crippen molar-refractivity contribution in [2.45, 2.75) is 0 Å². The number of carbonyl (C=O) groups is 1. The number of fused-ring (bicyclic) bond motifs is 1. The minimum absolute atomic E-state index is 0.335. The van der Waals surface area contributed by atoms with Gasteiger partial charge in [0.25, 0.3) is 11.9 Å². The van der Waals surface area contributed by atoms with Crippen molar-refractivity contribution < 1.29 is 18.7 Å². The lowest BCUT2D eigenvalue weighted by atomic mass is 10.2. The number of hydrogen-bond acceptors (Lipinski definition) is 11. The van der Waals surface area contributed by atoms with E-state index in [2.05, 4.69) is 25.3 Å². The third-order valence-electron chi connectivity index (χ3n) is 5.66. The summed E-state index contributed by atoms with van der Waals surface area (Å²) in [5.74, 6) is 0.468. The minimum Gasteiger partial charge on any atom is -0.422 e. The number of nitrogens with one attached hydrogen (secondary N) is 1. The third-order valence-corrected chi connectivity index (χ3v) is 5.66. The fourth-order valence-corrected chi connectivity index (χ4v) is 3.90. The number of hydrogen-bond donors (Lipinski definition) is 2. The second-order valence-corrected chi connectivity index (χ2v) is 7.95. The summed E-state index contributed by atoms with van der Waals surface area (Å²) in [7, 11) is 1.65. The molecule has 2 aliphatic heterocycles. The molecule has 0 spiro atoms. The van der Waals surface area contributed by atoms with Crippen molar-refractivity contribution >= 4 is 46.6 Å². The smallest absolute Gasteiger partial charge is 0.300 e. The van der Waals surface area contributed by atoms with Crippen LogP contribution in [0.3, 0.4) is 0 Å². The monoisotopic (exact) mass is 478 g/mol. The van der Waals surface area contributed by atoms with Crippen LogP contribution in [0.5, 0.6) is 0 Å². The number of ether oxygens (including phenoxy) is 2. The van der Waals surface area contributed by atoms with E-state index in [1.807, 2.05) is 9.80 Å². The number of aliphatic imine (C=N–C) groups is 1. The first kappa shape index (κ1) is 22.7. The summed E-state index contributed by atoms with van der Waals surface area (Å²) < 4.78 is 16.9. The van der Waals surface area contributed by atoms with Gasteiger partial charge in [0.2, 0.25) is 5.65 Å². The molecule has 2 fully saturated rings. The van der Waals surface area contributed by atoms with Gasteiger partial charge in [0, 0.05) is 50.7 Å². The first-order valence-corrected chi connectivity index (χ1v) is 11.3. The van der Waals surface area contributed by atoms with Gasteiger partial charge in [0.1, 0.15) is 18.4 Å². The van der Waals surface area contributed by atoms with Crippen LogP contribution in [-0.4, -0.2) is 80.3 Å². The highest BCUT2D eigenvalue weighted by Crippen LogP contribution is 2.29. The van der Waals surface area contributed by atoms with Crippen LogP contribution in [0, 0.1) is 0 Å². The summed E-state index contributed by atoms with van der Waals surface area (Å²) in [6, 6.07) is 7.41. The van der Waals surface area contributed by atoms with Crippen LogP contribution in [0.1, 0.15) is 16.1 Å². The second-order valence-electron chi connectivity index (χ2n) is 7.95. The van der Waals surface area contributed by atoms with Crippen molar-refractivity contribution in [3.05, 3.63) is 41.7 Å². The van der Waals surface area contributed by atoms with Gasteiger partial charge in [-0.15, -0.1) is 0 Å². The number of carbonyl (C=O) groups excluding carboxylic acids is 1. The lowest BCUT2D eigenvalue weighted by molar-refractivity contribution is 0.102. The number of amides is 1. The molecule has 35 heavy (non-hydrogen) atoms. The molecule has 1 amide bonds. The molecular weight excluding hydrogens is 452 g/mol. The van der Waals surface area contributed by atoms with Crippen LogP contribution in [-0.2, 0) is 9.47 Å². The number of nitrogens with zero attached hydrogens (tertiary/aromatic N) is 6. The number of aromatic nitrogens is 3. The molecule has 12 heteroatoms. The molecule has 5 heterocycles. The highest BCUT2D eigenvalue weighted by Gasteiger charge is 2.26. The predicted octanol–water partition coefficient (Wildman–Crippen LogP) is 1.50. The number of anilines is 3. The Morgan fingerprint density at radius 1 is 1.11 bits per heavy atom. The summed E-state index contributed by atoms with van der Waals surface area (Å²) in [6.45, 7) is 4.06. The highest BCUT2D eigenvalue weighted by atomic mass is 16.5. The maximum absolute atomic E-state index is 13.4. The Morgan fingerprint density at radius 2 is 1.91 bits per heavy atom. The summed E-state index contributed by atoms with van der Waals surface area (Å²) in [6.07, 6.45) is 3.02. The maximum atomic E-state index is 13.4. The molecule has 3 N–H and O–H groups in total. The van der Waals surface area contributed by atoms with E-state index >= 15 is 0 Å². The summed E-state index contributed by atoms with van der Waals surface area (Å²) in [5.41, 5.74) is 8.12. The van der Waals surface area contributed by atoms with Gasteiger partial charge in [-0.2, -0.15) is 4.98 Å². The number of allylic oxidation sites excluding steroid dienone is 1. The summed E-state index contributed by atoms with van der Waals surface area (Å²) >= 11 is 0. The molecule has 3 aromatic heterocycles. The van der Waals surface area contributed by atoms with Crippen molar-refractivity contribution in [1.29, 1.82) is 0 Å². The van der Waals surface area contributed by atoms with Gasteiger partial charge in [-0.1, -0.05) is 6.07 Å². The Morgan fingerprint density at radius 3 is 2.66 bits per heavy atom. The van der Waals surface area contributed by atoms with Gasteiger partial charge >= 0.3 is 0 Å². The Balaban J connectivity index is 1.48. The normalized spacial score (nSPS) is 17.0. The zero-order valence-corrected chi connectivity index (χ0v) is 19.3. The number of pyridine rings is 2. The SMILES string of the molecule is CN=C/C(=C\N)c1cccc(NC(=O)c2cc3oc(N4CCOCC4)nc3nc2N2CCOC2)n1. The third kappa shape index (κ3) is 4.79. The van der Waals surface area contributed by atoms with Gasteiger partial charge < -0.3 is 34.7 Å². The van der Waals surface area contributed by atoms with Crippen molar-refractivity contribution in [2.24, 2.45) is 10.7 Å². The van der Waals surface area contributed by atoms with E-state index in [9.17, 15) is 4.79 Å². The number of morpholine rings is 1. The first-order chi connectivity index (χ1) is 17.2. The fraction of sp³-hybridized carbons (Fsp3) is 0.348. The molecule has 0 bridgehead atoms. The Labute approximate surface area is 201 Å². The van der Waals surface area contributed by atoms with Crippen molar-refractivity contribution in [1.82, 2.24) is 15.0 Å². The average molecular weight is 479 g/mol. The molecule has 0 aliphatic carbocycles. The van der Waals surface area contributed by atoms with Crippen molar-refractivity contribution in [3.8, 4) is 0 Å². The van der Waals surface area contributed by atoms with Crippen LogP contribution in [0.25, 0.3) is 16.8 Å². The van der Waals surface area contributed by atoms with E-state index in [4.69, 9.17) is 19.6 Å². The lowest BCUT2D eigenvalue weighted by Gasteiger charge is -2.24. The predicted molar refractivity (Wildman–Crippen MR) is 132 cm³/mol. The van der Waals surface area contributed by atoms with Crippen LogP contribution >= 0.6 is 0 Å². The quantitative estimate of drug-likeness (QED) is 0.500. The Kier molecular flexibility index (Phi) is 6.55. The number of oxazole rings is 1. The van der Waals surface area contributed by atoms with Crippen LogP contribution in [0.2, 0.25) is 0 Å². The van der Waals surface area contributed by atoms with Crippen molar-refractivity contribution in [3.63, 3.8) is 0 Å². The number of nitrogens with two attached hydrogens (primary N) is 1. The molecule has 3 aromatic rings. The molecule has 0 unspecified atom stereocenters. The molecule has 12 nitrogen and oxygen atoms in total. The molecule has 2 saturated heterocycles. The highest BCUT2D eigenvalue weighted by molar-refractivity contribution is 6.10. The summed E-state index contributed by atoms with van der Waals surface area (Å²) in [5, 5.41) is 2.86. The number of rotatable bonds is 6. The van der Waals surface area contributed by atoms with E-state index in [-0.39, 0.29) is 5.91 Å². The van der Waals surface area contributed by atoms with Crippen LogP contribution < -0.4 is 20.9 Å². The van der Waals surface area contributed by atoms with E-state index < -0.39 is 0 Å². The standard InChI is InChI=1S/C23H26N8O4/c1-25-13-15(12-24)17-3-2-4-19(26-17)27-22(32)16-11-18-20(28-21(16)31-7-10-34-14-31)29-23(35-18)30-5-8-33-9-6-30/h2-4,11-13H,5-10,14,24H2,1H3,(H,26,27,32)/b15-12+,25-13?. The molecule has 0 aromatic carbocycles. The van der Waals surface area contributed by atoms with E-state index in [1.54, 1.807) is 37.5 Å². The Bertz CT molecular complexity index is 1280. The molecule has 5 rings (SSSR count). The largest absolute Gasteiger partial charge is 0.422 e. The lowest BCUT2D eigenvalue weighted by Crippen LogP contribution is -2.36.